The Bertz CT molecular complexity index is 1530. The molecule has 0 saturated heterocycles. The van der Waals surface area contributed by atoms with Crippen molar-refractivity contribution in [3.63, 3.8) is 0 Å². The summed E-state index contributed by atoms with van der Waals surface area (Å²) < 4.78 is 0. The monoisotopic (exact) mass is 540 g/mol. The lowest BCUT2D eigenvalue weighted by Crippen LogP contribution is -2.37. The maximum atomic E-state index is 14.0. The average molecular weight is 541 g/mol. The highest BCUT2D eigenvalue weighted by Gasteiger charge is 2.34. The second-order valence-corrected chi connectivity index (χ2v) is 10.5. The SMILES string of the molecule is O=C(CN1N=C(c2ccc(Cl)cc2)CC1c1ccc([N+](=O)[O-])cc1)N1c2ccccc2Sc2ccccc21. The van der Waals surface area contributed by atoms with Gasteiger partial charge in [-0.25, -0.2) is 0 Å². The number of non-ortho nitro benzene ring substituents is 1. The molecule has 9 heteroatoms. The molecule has 1 atom stereocenters. The quantitative estimate of drug-likeness (QED) is 0.197. The van der Waals surface area contributed by atoms with Gasteiger partial charge in [0.2, 0.25) is 0 Å². The molecule has 0 radical (unpaired) electrons. The molecule has 4 aromatic carbocycles. The number of rotatable bonds is 5. The van der Waals surface area contributed by atoms with Crippen molar-refractivity contribution < 1.29 is 9.72 Å². The molecule has 6 rings (SSSR count). The first kappa shape index (κ1) is 24.2. The zero-order chi connectivity index (χ0) is 26.2. The van der Waals surface area contributed by atoms with Crippen molar-refractivity contribution in [3.8, 4) is 0 Å². The number of hydrogen-bond donors (Lipinski definition) is 0. The minimum absolute atomic E-state index is 0.0206. The van der Waals surface area contributed by atoms with Gasteiger partial charge in [-0.3, -0.25) is 24.8 Å². The first-order chi connectivity index (χ1) is 18.5. The van der Waals surface area contributed by atoms with Gasteiger partial charge in [-0.05, 0) is 47.5 Å². The second-order valence-electron chi connectivity index (χ2n) is 8.99. The third kappa shape index (κ3) is 4.53. The molecule has 188 valence electrons. The number of hydrazone groups is 1. The molecular weight excluding hydrogens is 520 g/mol. The van der Waals surface area contributed by atoms with Gasteiger partial charge in [-0.2, -0.15) is 5.10 Å². The number of benzene rings is 4. The normalized spacial score (nSPS) is 16.0. The molecule has 2 heterocycles. The van der Waals surface area contributed by atoms with E-state index in [-0.39, 0.29) is 24.2 Å². The smallest absolute Gasteiger partial charge is 0.269 e. The van der Waals surface area contributed by atoms with Gasteiger partial charge in [-0.1, -0.05) is 71.9 Å². The number of fused-ring (bicyclic) bond motifs is 2. The largest absolute Gasteiger partial charge is 0.279 e. The van der Waals surface area contributed by atoms with E-state index in [0.717, 1.165) is 38.0 Å². The van der Waals surface area contributed by atoms with Crippen molar-refractivity contribution in [2.45, 2.75) is 22.3 Å². The van der Waals surface area contributed by atoms with Crippen molar-refractivity contribution in [1.82, 2.24) is 5.01 Å². The predicted molar refractivity (Wildman–Crippen MR) is 149 cm³/mol. The zero-order valence-electron chi connectivity index (χ0n) is 20.0. The minimum atomic E-state index is -0.418. The standard InChI is InChI=1S/C29H21ClN4O3S/c30-21-13-9-19(10-14-21)23-17-26(20-11-15-22(16-12-20)34(36)37)32(31-23)18-29(35)33-24-5-1-3-7-27(24)38-28-8-4-2-6-25(28)33/h1-16,26H,17-18H2. The first-order valence-electron chi connectivity index (χ1n) is 12.0. The highest BCUT2D eigenvalue weighted by Crippen LogP contribution is 2.48. The van der Waals surface area contributed by atoms with Gasteiger partial charge in [0.1, 0.15) is 6.54 Å². The third-order valence-corrected chi connectivity index (χ3v) is 8.02. The highest BCUT2D eigenvalue weighted by molar-refractivity contribution is 7.99. The van der Waals surface area contributed by atoms with Crippen LogP contribution in [0.2, 0.25) is 5.02 Å². The molecule has 0 spiro atoms. The predicted octanol–water partition coefficient (Wildman–Crippen LogP) is 7.23. The van der Waals surface area contributed by atoms with Gasteiger partial charge in [0.05, 0.1) is 28.1 Å². The Morgan fingerprint density at radius 3 is 2.13 bits per heavy atom. The average Bonchev–Trinajstić information content (AvgIpc) is 3.35. The number of carbonyl (C=O) groups is 1. The number of halogens is 1. The van der Waals surface area contributed by atoms with Crippen LogP contribution < -0.4 is 4.90 Å². The van der Waals surface area contributed by atoms with Crippen LogP contribution in [0.15, 0.2) is 112 Å². The number of hydrogen-bond acceptors (Lipinski definition) is 6. The molecule has 7 nitrogen and oxygen atoms in total. The van der Waals surface area contributed by atoms with Crippen LogP contribution in [0.25, 0.3) is 0 Å². The van der Waals surface area contributed by atoms with Gasteiger partial charge in [-0.15, -0.1) is 0 Å². The van der Waals surface area contributed by atoms with Crippen LogP contribution in [0, 0.1) is 10.1 Å². The summed E-state index contributed by atoms with van der Waals surface area (Å²) in [5, 5.41) is 18.5. The van der Waals surface area contributed by atoms with Gasteiger partial charge in [0.25, 0.3) is 11.6 Å². The molecule has 0 fully saturated rings. The molecule has 2 aliphatic rings. The Hall–Kier alpha value is -4.14. The molecule has 38 heavy (non-hydrogen) atoms. The summed E-state index contributed by atoms with van der Waals surface area (Å²) in [7, 11) is 0. The van der Waals surface area contributed by atoms with E-state index in [0.29, 0.717) is 11.4 Å². The zero-order valence-corrected chi connectivity index (χ0v) is 21.6. The molecule has 1 amide bonds. The summed E-state index contributed by atoms with van der Waals surface area (Å²) in [5.74, 6) is -0.113. The van der Waals surface area contributed by atoms with E-state index < -0.39 is 4.92 Å². The first-order valence-corrected chi connectivity index (χ1v) is 13.2. The van der Waals surface area contributed by atoms with Crippen LogP contribution in [-0.4, -0.2) is 28.1 Å². The van der Waals surface area contributed by atoms with E-state index in [9.17, 15) is 14.9 Å². The Balaban J connectivity index is 1.36. The van der Waals surface area contributed by atoms with Gasteiger partial charge >= 0.3 is 0 Å². The van der Waals surface area contributed by atoms with E-state index in [1.165, 1.54) is 12.1 Å². The van der Waals surface area contributed by atoms with Crippen molar-refractivity contribution in [3.05, 3.63) is 123 Å². The number of amides is 1. The fraction of sp³-hybridized carbons (Fsp3) is 0.103. The summed E-state index contributed by atoms with van der Waals surface area (Å²) in [6.07, 6.45) is 0.551. The molecule has 1 unspecified atom stereocenters. The van der Waals surface area contributed by atoms with Crippen molar-refractivity contribution in [2.24, 2.45) is 5.10 Å². The lowest BCUT2D eigenvalue weighted by atomic mass is 9.98. The van der Waals surface area contributed by atoms with Gasteiger partial charge in [0, 0.05) is 33.4 Å². The number of anilines is 2. The van der Waals surface area contributed by atoms with Crippen LogP contribution in [-0.2, 0) is 4.79 Å². The third-order valence-electron chi connectivity index (χ3n) is 6.64. The minimum Gasteiger partial charge on any atom is -0.279 e. The second kappa shape index (κ2) is 9.96. The van der Waals surface area contributed by atoms with E-state index in [1.54, 1.807) is 33.8 Å². The summed E-state index contributed by atoms with van der Waals surface area (Å²) in [6.45, 7) is 0.0338. The van der Waals surface area contributed by atoms with Crippen molar-refractivity contribution in [1.29, 1.82) is 0 Å². The maximum Gasteiger partial charge on any atom is 0.269 e. The number of nitro groups is 1. The fourth-order valence-corrected chi connectivity index (χ4v) is 5.99. The topological polar surface area (TPSA) is 79.0 Å². The van der Waals surface area contributed by atoms with Crippen molar-refractivity contribution in [2.75, 3.05) is 11.4 Å². The van der Waals surface area contributed by atoms with E-state index in [1.807, 2.05) is 72.8 Å². The summed E-state index contributed by atoms with van der Waals surface area (Å²) in [6, 6.07) is 29.4. The van der Waals surface area contributed by atoms with Gasteiger partial charge in [0.15, 0.2) is 0 Å². The summed E-state index contributed by atoms with van der Waals surface area (Å²) in [5.41, 5.74) is 4.30. The fourth-order valence-electron chi connectivity index (χ4n) is 4.81. The van der Waals surface area contributed by atoms with E-state index >= 15 is 0 Å². The molecule has 0 aliphatic carbocycles. The maximum absolute atomic E-state index is 14.0. The Morgan fingerprint density at radius 1 is 0.921 bits per heavy atom. The van der Waals surface area contributed by atoms with Crippen LogP contribution in [0.5, 0.6) is 0 Å². The molecule has 0 bridgehead atoms. The van der Waals surface area contributed by atoms with Crippen LogP contribution in [0.4, 0.5) is 17.1 Å². The summed E-state index contributed by atoms with van der Waals surface area (Å²) >= 11 is 7.74. The number of nitro benzene ring substituents is 1. The van der Waals surface area contributed by atoms with Crippen LogP contribution >= 0.6 is 23.4 Å². The van der Waals surface area contributed by atoms with Crippen LogP contribution in [0.1, 0.15) is 23.6 Å². The molecule has 0 aromatic heterocycles. The van der Waals surface area contributed by atoms with E-state index in [4.69, 9.17) is 16.7 Å². The van der Waals surface area contributed by atoms with Gasteiger partial charge < -0.3 is 0 Å². The van der Waals surface area contributed by atoms with Crippen LogP contribution in [0.3, 0.4) is 0 Å². The van der Waals surface area contributed by atoms with Crippen molar-refractivity contribution >= 4 is 52.0 Å². The Labute approximate surface area is 228 Å². The molecule has 4 aromatic rings. The Kier molecular flexibility index (Phi) is 6.35. The molecular formula is C29H21ClN4O3S. The molecule has 2 aliphatic heterocycles. The number of nitrogens with zero attached hydrogens (tertiary/aromatic N) is 4. The summed E-state index contributed by atoms with van der Waals surface area (Å²) in [4.78, 5) is 28.6. The number of carbonyl (C=O) groups excluding carboxylic acids is 1. The lowest BCUT2D eigenvalue weighted by Gasteiger charge is -2.33. The highest BCUT2D eigenvalue weighted by atomic mass is 35.5. The molecule has 0 saturated carbocycles. The molecule has 0 N–H and O–H groups in total. The Morgan fingerprint density at radius 2 is 1.53 bits per heavy atom. The van der Waals surface area contributed by atoms with E-state index in [2.05, 4.69) is 0 Å². The number of para-hydroxylation sites is 2. The lowest BCUT2D eigenvalue weighted by molar-refractivity contribution is -0.384.